The zero-order valence-electron chi connectivity index (χ0n) is 8.46. The second-order valence-corrected chi connectivity index (χ2v) is 3.68. The van der Waals surface area contributed by atoms with Gasteiger partial charge in [0.25, 0.3) is 0 Å². The number of carbonyl (C=O) groups is 1. The van der Waals surface area contributed by atoms with E-state index in [-0.39, 0.29) is 5.69 Å². The van der Waals surface area contributed by atoms with Crippen molar-refractivity contribution in [1.82, 2.24) is 9.55 Å². The van der Waals surface area contributed by atoms with Gasteiger partial charge in [-0.25, -0.2) is 9.78 Å². The molecule has 0 radical (unpaired) electrons. The Morgan fingerprint density at radius 3 is 2.88 bits per heavy atom. The van der Waals surface area contributed by atoms with Crippen molar-refractivity contribution in [2.75, 3.05) is 0 Å². The summed E-state index contributed by atoms with van der Waals surface area (Å²) in [6, 6.07) is 6.76. The molecule has 0 aliphatic heterocycles. The number of imidazole rings is 1. The number of nitriles is 1. The predicted molar refractivity (Wildman–Crippen MR) is 60.2 cm³/mol. The molecule has 5 nitrogen and oxygen atoms in total. The van der Waals surface area contributed by atoms with Gasteiger partial charge in [-0.2, -0.15) is 5.26 Å². The number of hydrogen-bond donors (Lipinski definition) is 1. The monoisotopic (exact) mass is 247 g/mol. The Morgan fingerprint density at radius 1 is 1.53 bits per heavy atom. The van der Waals surface area contributed by atoms with Crippen LogP contribution in [0.5, 0.6) is 0 Å². The SMILES string of the molecule is N#Cc1cc(Cl)ccc1-n1cnc(C(=O)O)c1. The van der Waals surface area contributed by atoms with Crippen LogP contribution in [0, 0.1) is 11.3 Å². The van der Waals surface area contributed by atoms with E-state index in [1.54, 1.807) is 12.1 Å². The first-order chi connectivity index (χ1) is 8.11. The first kappa shape index (κ1) is 11.2. The quantitative estimate of drug-likeness (QED) is 0.881. The number of aromatic carboxylic acids is 1. The molecular formula is C11H6ClN3O2. The number of aromatic nitrogens is 2. The van der Waals surface area contributed by atoms with Crippen molar-refractivity contribution in [3.63, 3.8) is 0 Å². The Bertz CT molecular complexity index is 628. The summed E-state index contributed by atoms with van der Waals surface area (Å²) in [6.45, 7) is 0. The maximum atomic E-state index is 10.7. The van der Waals surface area contributed by atoms with Crippen LogP contribution in [0.1, 0.15) is 16.1 Å². The Kier molecular flexibility index (Phi) is 2.81. The topological polar surface area (TPSA) is 78.9 Å². The normalized spacial score (nSPS) is 9.88. The maximum absolute atomic E-state index is 10.7. The van der Waals surface area contributed by atoms with Crippen LogP contribution in [0.4, 0.5) is 0 Å². The molecule has 0 fully saturated rings. The molecule has 0 amide bonds. The van der Waals surface area contributed by atoms with Crippen LogP contribution in [0.2, 0.25) is 5.02 Å². The number of nitrogens with zero attached hydrogens (tertiary/aromatic N) is 3. The third-order valence-corrected chi connectivity index (χ3v) is 2.39. The van der Waals surface area contributed by atoms with Crippen molar-refractivity contribution in [3.8, 4) is 11.8 Å². The summed E-state index contributed by atoms with van der Waals surface area (Å²) in [5.74, 6) is -1.11. The van der Waals surface area contributed by atoms with E-state index in [2.05, 4.69) is 4.98 Å². The number of benzene rings is 1. The summed E-state index contributed by atoms with van der Waals surface area (Å²) in [7, 11) is 0. The van der Waals surface area contributed by atoms with Crippen LogP contribution in [0.15, 0.2) is 30.7 Å². The van der Waals surface area contributed by atoms with E-state index in [1.165, 1.54) is 23.2 Å². The minimum atomic E-state index is -1.11. The molecule has 6 heteroatoms. The van der Waals surface area contributed by atoms with Gasteiger partial charge >= 0.3 is 5.97 Å². The molecule has 2 aromatic rings. The lowest BCUT2D eigenvalue weighted by Crippen LogP contribution is -1.97. The Hall–Kier alpha value is -2.32. The van der Waals surface area contributed by atoms with Crippen LogP contribution in [0.25, 0.3) is 5.69 Å². The lowest BCUT2D eigenvalue weighted by molar-refractivity contribution is 0.0691. The second kappa shape index (κ2) is 4.28. The maximum Gasteiger partial charge on any atom is 0.356 e. The van der Waals surface area contributed by atoms with Crippen molar-refractivity contribution in [1.29, 1.82) is 5.26 Å². The van der Waals surface area contributed by atoms with Crippen LogP contribution < -0.4 is 0 Å². The van der Waals surface area contributed by atoms with Gasteiger partial charge in [0.2, 0.25) is 0 Å². The first-order valence-corrected chi connectivity index (χ1v) is 4.97. The predicted octanol–water partition coefficient (Wildman–Crippen LogP) is 2.10. The van der Waals surface area contributed by atoms with Gasteiger partial charge in [-0.1, -0.05) is 11.6 Å². The highest BCUT2D eigenvalue weighted by molar-refractivity contribution is 6.30. The second-order valence-electron chi connectivity index (χ2n) is 3.24. The fourth-order valence-electron chi connectivity index (χ4n) is 1.39. The van der Waals surface area contributed by atoms with Gasteiger partial charge in [0.05, 0.1) is 11.3 Å². The summed E-state index contributed by atoms with van der Waals surface area (Å²) < 4.78 is 1.47. The third kappa shape index (κ3) is 2.12. The van der Waals surface area contributed by atoms with E-state index in [0.29, 0.717) is 16.3 Å². The Morgan fingerprint density at radius 2 is 2.29 bits per heavy atom. The van der Waals surface area contributed by atoms with Crippen LogP contribution in [-0.4, -0.2) is 20.6 Å². The number of hydrogen-bond acceptors (Lipinski definition) is 3. The van der Waals surface area contributed by atoms with Crippen LogP contribution in [0.3, 0.4) is 0 Å². The molecule has 0 saturated carbocycles. The fourth-order valence-corrected chi connectivity index (χ4v) is 1.56. The molecule has 17 heavy (non-hydrogen) atoms. The number of carboxylic acid groups (broad SMARTS) is 1. The molecule has 1 aromatic heterocycles. The highest BCUT2D eigenvalue weighted by Crippen LogP contribution is 2.19. The molecule has 0 spiro atoms. The van der Waals surface area contributed by atoms with Gasteiger partial charge < -0.3 is 9.67 Å². The van der Waals surface area contributed by atoms with Crippen LogP contribution in [-0.2, 0) is 0 Å². The van der Waals surface area contributed by atoms with Crippen molar-refractivity contribution in [2.45, 2.75) is 0 Å². The van der Waals surface area contributed by atoms with Gasteiger partial charge in [-0.3, -0.25) is 0 Å². The minimum absolute atomic E-state index is 0.0798. The molecule has 1 N–H and O–H groups in total. The molecule has 1 aromatic carbocycles. The summed E-state index contributed by atoms with van der Waals surface area (Å²) >= 11 is 5.77. The molecule has 84 valence electrons. The van der Waals surface area contributed by atoms with E-state index < -0.39 is 5.97 Å². The van der Waals surface area contributed by atoms with Gasteiger partial charge in [-0.15, -0.1) is 0 Å². The smallest absolute Gasteiger partial charge is 0.356 e. The number of halogens is 1. The summed E-state index contributed by atoms with van der Waals surface area (Å²) in [6.07, 6.45) is 2.68. The standard InChI is InChI=1S/C11H6ClN3O2/c12-8-1-2-10(7(3-8)4-13)15-5-9(11(16)17)14-6-15/h1-3,5-6H,(H,16,17). The largest absolute Gasteiger partial charge is 0.476 e. The molecule has 0 atom stereocenters. The van der Waals surface area contributed by atoms with Gasteiger partial charge in [0, 0.05) is 11.2 Å². The average Bonchev–Trinajstić information content (AvgIpc) is 2.78. The van der Waals surface area contributed by atoms with Crippen molar-refractivity contribution >= 4 is 17.6 Å². The van der Waals surface area contributed by atoms with Gasteiger partial charge in [0.15, 0.2) is 5.69 Å². The van der Waals surface area contributed by atoms with E-state index in [4.69, 9.17) is 22.0 Å². The molecular weight excluding hydrogens is 242 g/mol. The summed E-state index contributed by atoms with van der Waals surface area (Å²) in [5.41, 5.74) is 0.813. The Balaban J connectivity index is 2.53. The Labute approximate surface area is 102 Å². The zero-order valence-corrected chi connectivity index (χ0v) is 9.22. The molecule has 0 aliphatic rings. The van der Waals surface area contributed by atoms with E-state index in [0.717, 1.165) is 0 Å². The molecule has 0 aliphatic carbocycles. The minimum Gasteiger partial charge on any atom is -0.476 e. The zero-order chi connectivity index (χ0) is 12.4. The number of carboxylic acids is 1. The molecule has 1 heterocycles. The number of rotatable bonds is 2. The third-order valence-electron chi connectivity index (χ3n) is 2.16. The van der Waals surface area contributed by atoms with E-state index in [9.17, 15) is 4.79 Å². The molecule has 0 unspecified atom stereocenters. The molecule has 0 bridgehead atoms. The van der Waals surface area contributed by atoms with Gasteiger partial charge in [-0.05, 0) is 18.2 Å². The summed E-state index contributed by atoms with van der Waals surface area (Å²) in [4.78, 5) is 14.4. The van der Waals surface area contributed by atoms with Crippen molar-refractivity contribution in [2.24, 2.45) is 0 Å². The summed E-state index contributed by atoms with van der Waals surface area (Å²) in [5, 5.41) is 18.2. The van der Waals surface area contributed by atoms with E-state index >= 15 is 0 Å². The highest BCUT2D eigenvalue weighted by atomic mass is 35.5. The first-order valence-electron chi connectivity index (χ1n) is 4.59. The lowest BCUT2D eigenvalue weighted by Gasteiger charge is -2.04. The van der Waals surface area contributed by atoms with Crippen molar-refractivity contribution in [3.05, 3.63) is 47.0 Å². The fraction of sp³-hybridized carbons (Fsp3) is 0. The molecule has 2 rings (SSSR count). The molecule has 0 saturated heterocycles. The highest BCUT2D eigenvalue weighted by Gasteiger charge is 2.10. The van der Waals surface area contributed by atoms with E-state index in [1.807, 2.05) is 6.07 Å². The van der Waals surface area contributed by atoms with Gasteiger partial charge in [0.1, 0.15) is 12.4 Å². The van der Waals surface area contributed by atoms with Crippen LogP contribution >= 0.6 is 11.6 Å². The average molecular weight is 248 g/mol. The lowest BCUT2D eigenvalue weighted by atomic mass is 10.2. The van der Waals surface area contributed by atoms with Crippen molar-refractivity contribution < 1.29 is 9.90 Å².